The zero-order valence-corrected chi connectivity index (χ0v) is 28.4. The molecule has 6 unspecified atom stereocenters. The summed E-state index contributed by atoms with van der Waals surface area (Å²) in [6.45, 7) is 1.70. The highest BCUT2D eigenvalue weighted by molar-refractivity contribution is 5.67. The first-order valence-corrected chi connectivity index (χ1v) is 16.8. The highest BCUT2D eigenvalue weighted by Crippen LogP contribution is 2.45. The largest absolute Gasteiger partial charge is 0.504 e. The quantitative estimate of drug-likeness (QED) is 0.0843. The number of carboxylic acid groups (broad SMARTS) is 1. The second kappa shape index (κ2) is 18.6. The molecule has 2 aromatic carbocycles. The third-order valence-corrected chi connectivity index (χ3v) is 9.03. The Kier molecular flexibility index (Phi) is 14.3. The fourth-order valence-electron chi connectivity index (χ4n) is 6.58. The Hall–Kier alpha value is -4.34. The molecule has 1 aliphatic rings. The normalized spacial score (nSPS) is 20.2. The van der Waals surface area contributed by atoms with Gasteiger partial charge in [0, 0.05) is 24.8 Å². The Morgan fingerprint density at radius 3 is 2.52 bits per heavy atom. The van der Waals surface area contributed by atoms with Crippen LogP contribution in [0.15, 0.2) is 48.7 Å². The van der Waals surface area contributed by atoms with Gasteiger partial charge in [-0.15, -0.1) is 0 Å². The van der Waals surface area contributed by atoms with Gasteiger partial charge in [0.2, 0.25) is 5.75 Å². The summed E-state index contributed by atoms with van der Waals surface area (Å²) in [5.41, 5.74) is 8.10. The van der Waals surface area contributed by atoms with Crippen molar-refractivity contribution in [1.82, 2.24) is 10.3 Å². The summed E-state index contributed by atoms with van der Waals surface area (Å²) < 4.78 is 23.4. The number of likely N-dealkylation sites (N-methyl/N-ethyl adjacent to an activating group) is 1. The summed E-state index contributed by atoms with van der Waals surface area (Å²) >= 11 is 0. The van der Waals surface area contributed by atoms with E-state index in [9.17, 15) is 30.3 Å². The van der Waals surface area contributed by atoms with E-state index in [1.54, 1.807) is 42.6 Å². The van der Waals surface area contributed by atoms with Gasteiger partial charge in [0.1, 0.15) is 12.4 Å². The van der Waals surface area contributed by atoms with E-state index in [2.05, 4.69) is 10.3 Å². The van der Waals surface area contributed by atoms with Crippen LogP contribution in [0.5, 0.6) is 28.7 Å². The number of aromatic hydroxyl groups is 2. The van der Waals surface area contributed by atoms with Gasteiger partial charge in [0.25, 0.3) is 0 Å². The molecule has 274 valence electrons. The van der Waals surface area contributed by atoms with Crippen molar-refractivity contribution in [3.05, 3.63) is 65.4 Å². The molecule has 3 aromatic rings. The van der Waals surface area contributed by atoms with E-state index in [4.69, 9.17) is 29.8 Å². The van der Waals surface area contributed by atoms with Crippen molar-refractivity contribution in [3.8, 4) is 28.7 Å². The summed E-state index contributed by atoms with van der Waals surface area (Å²) in [7, 11) is 1.41. The third kappa shape index (κ3) is 10.3. The molecule has 1 aliphatic heterocycles. The number of ether oxygens (including phenoxy) is 4. The van der Waals surface area contributed by atoms with Gasteiger partial charge in [-0.1, -0.05) is 13.0 Å². The molecule has 50 heavy (non-hydrogen) atoms. The van der Waals surface area contributed by atoms with E-state index in [-0.39, 0.29) is 60.9 Å². The lowest BCUT2D eigenvalue weighted by Gasteiger charge is -2.40. The van der Waals surface area contributed by atoms with Gasteiger partial charge in [-0.2, -0.15) is 0 Å². The van der Waals surface area contributed by atoms with Crippen LogP contribution in [-0.4, -0.2) is 93.5 Å². The number of nitrogens with one attached hydrogen (secondary N) is 1. The molecule has 1 aromatic heterocycles. The first kappa shape index (κ1) is 38.5. The molecule has 14 heteroatoms. The second-order valence-electron chi connectivity index (χ2n) is 12.5. The number of aromatic nitrogens is 1. The molecule has 4 rings (SSSR count). The third-order valence-electron chi connectivity index (χ3n) is 9.03. The summed E-state index contributed by atoms with van der Waals surface area (Å²) in [4.78, 5) is 15.9. The van der Waals surface area contributed by atoms with E-state index in [1.807, 2.05) is 6.92 Å². The number of nitrogens with two attached hydrogens (primary N) is 1. The van der Waals surface area contributed by atoms with Gasteiger partial charge >= 0.3 is 5.97 Å². The van der Waals surface area contributed by atoms with Crippen molar-refractivity contribution >= 4 is 11.8 Å². The maximum absolute atomic E-state index is 11.9. The summed E-state index contributed by atoms with van der Waals surface area (Å²) in [5.74, 6) is -1.47. The molecule has 0 bridgehead atoms. The van der Waals surface area contributed by atoms with Gasteiger partial charge in [-0.25, -0.2) is 4.98 Å². The molecule has 0 amide bonds. The minimum absolute atomic E-state index is 0.0119. The van der Waals surface area contributed by atoms with Crippen molar-refractivity contribution < 1.29 is 54.4 Å². The van der Waals surface area contributed by atoms with Crippen molar-refractivity contribution in [2.45, 2.75) is 69.8 Å². The fraction of sp³-hybridized carbons (Fsp3) is 0.500. The van der Waals surface area contributed by atoms with Gasteiger partial charge in [-0.05, 0) is 97.7 Å². The van der Waals surface area contributed by atoms with Crippen molar-refractivity contribution in [2.24, 2.45) is 11.8 Å². The first-order valence-electron chi connectivity index (χ1n) is 16.8. The van der Waals surface area contributed by atoms with Crippen LogP contribution in [0, 0.1) is 11.8 Å². The monoisotopic (exact) mass is 699 g/mol. The number of aryl methyl sites for hydroxylation is 1. The Balaban J connectivity index is 1.57. The van der Waals surface area contributed by atoms with E-state index in [0.717, 1.165) is 11.1 Å². The number of nitrogen functional groups attached to an aromatic ring is 1. The number of hydrogen-bond acceptors (Lipinski definition) is 13. The smallest absolute Gasteiger partial charge is 0.303 e. The van der Waals surface area contributed by atoms with Crippen LogP contribution < -0.4 is 25.3 Å². The number of methoxy groups -OCH3 is 1. The van der Waals surface area contributed by atoms with Crippen molar-refractivity contribution in [3.63, 3.8) is 0 Å². The number of nitrogens with zero attached hydrogens (tertiary/aromatic N) is 1. The molecular formula is C36H49N3O11. The molecule has 2 heterocycles. The maximum Gasteiger partial charge on any atom is 0.303 e. The molecule has 0 spiro atoms. The van der Waals surface area contributed by atoms with Crippen LogP contribution >= 0.6 is 0 Å². The zero-order chi connectivity index (χ0) is 36.2. The molecule has 9 N–H and O–H groups in total. The Morgan fingerprint density at radius 2 is 1.84 bits per heavy atom. The first-order chi connectivity index (χ1) is 24.1. The number of aliphatic carboxylic acids is 1. The minimum Gasteiger partial charge on any atom is -0.504 e. The van der Waals surface area contributed by atoms with Crippen LogP contribution in [0.3, 0.4) is 0 Å². The Labute approximate surface area is 291 Å². The second-order valence-corrected chi connectivity index (χ2v) is 12.5. The predicted octanol–water partition coefficient (Wildman–Crippen LogP) is 2.93. The molecular weight excluding hydrogens is 650 g/mol. The van der Waals surface area contributed by atoms with Gasteiger partial charge < -0.3 is 60.6 Å². The highest BCUT2D eigenvalue weighted by Gasteiger charge is 2.39. The lowest BCUT2D eigenvalue weighted by Crippen LogP contribution is -2.43. The summed E-state index contributed by atoms with van der Waals surface area (Å²) in [6, 6.07) is 11.2. The van der Waals surface area contributed by atoms with Gasteiger partial charge in [-0.3, -0.25) is 4.79 Å². The van der Waals surface area contributed by atoms with Crippen LogP contribution in [0.4, 0.5) is 5.82 Å². The Bertz CT molecular complexity index is 1540. The van der Waals surface area contributed by atoms with E-state index >= 15 is 0 Å². The highest BCUT2D eigenvalue weighted by atomic mass is 16.6. The number of aliphatic hydroxyl groups is 3. The number of rotatable bonds is 19. The molecule has 1 saturated heterocycles. The number of hydrogen-bond donors (Lipinski definition) is 8. The summed E-state index contributed by atoms with van der Waals surface area (Å²) in [5, 5.41) is 64.4. The number of phenols is 2. The number of phenolic OH excluding ortho intramolecular Hbond substituents is 2. The summed E-state index contributed by atoms with van der Waals surface area (Å²) in [6.07, 6.45) is 1.58. The number of pyridine rings is 1. The lowest BCUT2D eigenvalue weighted by atomic mass is 9.82. The van der Waals surface area contributed by atoms with Crippen LogP contribution in [0.25, 0.3) is 0 Å². The molecule has 14 nitrogen and oxygen atoms in total. The fourth-order valence-corrected chi connectivity index (χ4v) is 6.58. The maximum atomic E-state index is 11.9. The molecule has 0 aliphatic carbocycles. The number of benzene rings is 2. The lowest BCUT2D eigenvalue weighted by molar-refractivity contribution is -0.144. The predicted molar refractivity (Wildman–Crippen MR) is 183 cm³/mol. The van der Waals surface area contributed by atoms with E-state index < -0.39 is 42.8 Å². The van der Waals surface area contributed by atoms with Crippen LogP contribution in [0.2, 0.25) is 0 Å². The molecule has 0 radical (unpaired) electrons. The zero-order valence-electron chi connectivity index (χ0n) is 28.4. The standard InChI is InChI=1S/C36H49N3O11/c1-3-38-27(23(17-34(44)45)12-22-8-10-39-33(37)14-22)19-48-32-16-24(15-31(47-2)35(32)46)36-26(9-11-40)29(43)18-25(50-36)6-4-21-5-7-28(42)30(13-21)49-20-41/h5,7-8,10,13-16,23,25-27,29,36,38,40-43,46H,3-4,6,9,11-12,17-20H2,1-2H3,(H2,37,39)(H,44,45). The SMILES string of the molecule is CCNC(COc1cc(C2OC(CCc3ccc(O)c(OCO)c3)CC(O)C2CCO)cc(OC)c1O)C(CC(=O)O)Cc1ccnc(N)c1. The van der Waals surface area contributed by atoms with E-state index in [0.29, 0.717) is 43.6 Å². The number of aliphatic hydroxyl groups excluding tert-OH is 3. The number of carbonyl (C=O) groups is 1. The average Bonchev–Trinajstić information content (AvgIpc) is 3.08. The van der Waals surface area contributed by atoms with Crippen molar-refractivity contribution in [2.75, 3.05) is 39.4 Å². The van der Waals surface area contributed by atoms with Crippen LogP contribution in [-0.2, 0) is 22.4 Å². The topological polar surface area (TPSA) is 226 Å². The number of anilines is 1. The minimum atomic E-state index is -0.965. The average molecular weight is 700 g/mol. The molecule has 1 fully saturated rings. The Morgan fingerprint density at radius 1 is 1.06 bits per heavy atom. The molecule has 6 atom stereocenters. The van der Waals surface area contributed by atoms with Crippen molar-refractivity contribution in [1.29, 1.82) is 0 Å². The van der Waals surface area contributed by atoms with E-state index in [1.165, 1.54) is 13.2 Å². The molecule has 0 saturated carbocycles. The van der Waals surface area contributed by atoms with Gasteiger partial charge in [0.05, 0.1) is 31.8 Å². The van der Waals surface area contributed by atoms with Gasteiger partial charge in [0.15, 0.2) is 29.8 Å². The number of carboxylic acids is 1. The van der Waals surface area contributed by atoms with Crippen LogP contribution in [0.1, 0.15) is 55.4 Å².